The molecule has 0 aromatic heterocycles. The number of hydrogen-bond donors (Lipinski definition) is 0. The lowest BCUT2D eigenvalue weighted by Gasteiger charge is -2.36. The largest absolute Gasteiger partial charge is 0.322 e. The van der Waals surface area contributed by atoms with Gasteiger partial charge in [-0.15, -0.1) is 0 Å². The highest BCUT2D eigenvalue weighted by molar-refractivity contribution is 5.75. The van der Waals surface area contributed by atoms with Crippen LogP contribution in [0.1, 0.15) is 13.3 Å². The van der Waals surface area contributed by atoms with Crippen molar-refractivity contribution >= 4 is 6.03 Å². The maximum atomic E-state index is 13.0. The minimum Gasteiger partial charge on any atom is -0.322 e. The molecule has 0 spiro atoms. The molecule has 2 aliphatic rings. The SMILES string of the molecule is CCN1CCN(C(=O)N2CCC(F)C2)CC1. The van der Waals surface area contributed by atoms with E-state index in [0.717, 1.165) is 32.7 Å². The fourth-order valence-corrected chi connectivity index (χ4v) is 2.35. The Morgan fingerprint density at radius 3 is 2.38 bits per heavy atom. The van der Waals surface area contributed by atoms with Gasteiger partial charge in [0.05, 0.1) is 6.54 Å². The highest BCUT2D eigenvalue weighted by Crippen LogP contribution is 2.15. The van der Waals surface area contributed by atoms with Crippen molar-refractivity contribution in [3.05, 3.63) is 0 Å². The molecule has 4 nitrogen and oxygen atoms in total. The summed E-state index contributed by atoms with van der Waals surface area (Å²) in [7, 11) is 0. The number of likely N-dealkylation sites (tertiary alicyclic amines) is 1. The predicted octanol–water partition coefficient (Wildman–Crippen LogP) is 0.788. The van der Waals surface area contributed by atoms with Crippen LogP contribution in [0.25, 0.3) is 0 Å². The third kappa shape index (κ3) is 2.45. The Bertz CT molecular complexity index is 254. The van der Waals surface area contributed by atoms with Crippen LogP contribution in [0.15, 0.2) is 0 Å². The maximum Gasteiger partial charge on any atom is 0.320 e. The zero-order chi connectivity index (χ0) is 11.5. The van der Waals surface area contributed by atoms with Crippen LogP contribution in [0.3, 0.4) is 0 Å². The highest BCUT2D eigenvalue weighted by atomic mass is 19.1. The summed E-state index contributed by atoms with van der Waals surface area (Å²) in [5, 5.41) is 0. The fraction of sp³-hybridized carbons (Fsp3) is 0.909. The molecular weight excluding hydrogens is 209 g/mol. The predicted molar refractivity (Wildman–Crippen MR) is 60.2 cm³/mol. The molecule has 2 aliphatic heterocycles. The van der Waals surface area contributed by atoms with Crippen LogP contribution in [-0.4, -0.2) is 72.7 Å². The molecule has 5 heteroatoms. The van der Waals surface area contributed by atoms with Crippen molar-refractivity contribution < 1.29 is 9.18 Å². The van der Waals surface area contributed by atoms with Gasteiger partial charge in [-0.3, -0.25) is 0 Å². The molecule has 2 rings (SSSR count). The highest BCUT2D eigenvalue weighted by Gasteiger charge is 2.30. The van der Waals surface area contributed by atoms with Crippen molar-refractivity contribution in [3.63, 3.8) is 0 Å². The average Bonchev–Trinajstić information content (AvgIpc) is 2.75. The van der Waals surface area contributed by atoms with Crippen molar-refractivity contribution in [3.8, 4) is 0 Å². The van der Waals surface area contributed by atoms with Crippen molar-refractivity contribution in [2.24, 2.45) is 0 Å². The number of carbonyl (C=O) groups is 1. The van der Waals surface area contributed by atoms with Gasteiger partial charge in [0.25, 0.3) is 0 Å². The van der Waals surface area contributed by atoms with E-state index in [0.29, 0.717) is 13.0 Å². The Hall–Kier alpha value is -0.840. The van der Waals surface area contributed by atoms with Gasteiger partial charge in [-0.2, -0.15) is 0 Å². The van der Waals surface area contributed by atoms with Gasteiger partial charge in [0.15, 0.2) is 0 Å². The van der Waals surface area contributed by atoms with E-state index in [9.17, 15) is 9.18 Å². The molecule has 1 atom stereocenters. The summed E-state index contributed by atoms with van der Waals surface area (Å²) in [6.07, 6.45) is -0.318. The number of amides is 2. The normalized spacial score (nSPS) is 27.5. The Morgan fingerprint density at radius 1 is 1.19 bits per heavy atom. The molecule has 2 heterocycles. The molecule has 2 amide bonds. The Labute approximate surface area is 96.0 Å². The number of likely N-dealkylation sites (N-methyl/N-ethyl adjacent to an activating group) is 1. The van der Waals surface area contributed by atoms with Crippen LogP contribution in [0.5, 0.6) is 0 Å². The minimum absolute atomic E-state index is 0.0240. The number of carbonyl (C=O) groups excluding carboxylic acids is 1. The van der Waals surface area contributed by atoms with Gasteiger partial charge in [0, 0.05) is 32.7 Å². The standard InChI is InChI=1S/C11H20FN3O/c1-2-13-5-7-14(8-6-13)11(16)15-4-3-10(12)9-15/h10H,2-9H2,1H3. The number of urea groups is 1. The third-order valence-electron chi connectivity index (χ3n) is 3.49. The summed E-state index contributed by atoms with van der Waals surface area (Å²) >= 11 is 0. The number of hydrogen-bond acceptors (Lipinski definition) is 2. The van der Waals surface area contributed by atoms with Gasteiger partial charge in [0.2, 0.25) is 0 Å². The second-order valence-electron chi connectivity index (χ2n) is 4.54. The summed E-state index contributed by atoms with van der Waals surface area (Å²) < 4.78 is 13.0. The summed E-state index contributed by atoms with van der Waals surface area (Å²) in [5.41, 5.74) is 0. The van der Waals surface area contributed by atoms with Gasteiger partial charge >= 0.3 is 6.03 Å². The van der Waals surface area contributed by atoms with Crippen LogP contribution >= 0.6 is 0 Å². The second-order valence-corrected chi connectivity index (χ2v) is 4.54. The first-order valence-corrected chi connectivity index (χ1v) is 6.11. The quantitative estimate of drug-likeness (QED) is 0.664. The second kappa shape index (κ2) is 4.99. The molecule has 0 N–H and O–H groups in total. The first-order valence-electron chi connectivity index (χ1n) is 6.11. The number of rotatable bonds is 1. The van der Waals surface area contributed by atoms with Gasteiger partial charge in [-0.25, -0.2) is 9.18 Å². The molecule has 2 saturated heterocycles. The fourth-order valence-electron chi connectivity index (χ4n) is 2.35. The zero-order valence-corrected chi connectivity index (χ0v) is 9.86. The lowest BCUT2D eigenvalue weighted by atomic mass is 10.3. The smallest absolute Gasteiger partial charge is 0.320 e. The van der Waals surface area contributed by atoms with Crippen LogP contribution < -0.4 is 0 Å². The van der Waals surface area contributed by atoms with Gasteiger partial charge in [-0.1, -0.05) is 6.92 Å². The zero-order valence-electron chi connectivity index (χ0n) is 9.86. The average molecular weight is 229 g/mol. The molecule has 0 bridgehead atoms. The van der Waals surface area contributed by atoms with Crippen LogP contribution in [0, 0.1) is 0 Å². The van der Waals surface area contributed by atoms with E-state index in [1.54, 1.807) is 4.90 Å². The molecule has 0 aromatic rings. The number of halogens is 1. The van der Waals surface area contributed by atoms with E-state index >= 15 is 0 Å². The molecule has 0 aliphatic carbocycles. The first kappa shape index (κ1) is 11.6. The van der Waals surface area contributed by atoms with Crippen molar-refractivity contribution in [2.75, 3.05) is 45.8 Å². The first-order chi connectivity index (χ1) is 7.70. The molecule has 0 saturated carbocycles. The molecule has 1 unspecified atom stereocenters. The molecule has 2 fully saturated rings. The Kier molecular flexibility index (Phi) is 3.63. The van der Waals surface area contributed by atoms with Gasteiger partial charge < -0.3 is 14.7 Å². The van der Waals surface area contributed by atoms with Crippen LogP contribution in [0.4, 0.5) is 9.18 Å². The summed E-state index contributed by atoms with van der Waals surface area (Å²) in [4.78, 5) is 17.8. The van der Waals surface area contributed by atoms with Crippen LogP contribution in [-0.2, 0) is 0 Å². The Morgan fingerprint density at radius 2 is 1.88 bits per heavy atom. The summed E-state index contributed by atoms with van der Waals surface area (Å²) in [6, 6.07) is 0.0240. The van der Waals surface area contributed by atoms with E-state index in [-0.39, 0.29) is 12.6 Å². The van der Waals surface area contributed by atoms with Crippen molar-refractivity contribution in [1.29, 1.82) is 0 Å². The lowest BCUT2D eigenvalue weighted by molar-refractivity contribution is 0.119. The summed E-state index contributed by atoms with van der Waals surface area (Å²) in [6.45, 7) is 7.47. The van der Waals surface area contributed by atoms with E-state index in [1.807, 2.05) is 4.90 Å². The molecule has 16 heavy (non-hydrogen) atoms. The number of alkyl halides is 1. The van der Waals surface area contributed by atoms with Gasteiger partial charge in [-0.05, 0) is 13.0 Å². The van der Waals surface area contributed by atoms with E-state index in [1.165, 1.54) is 0 Å². The topological polar surface area (TPSA) is 26.8 Å². The van der Waals surface area contributed by atoms with Crippen LogP contribution in [0.2, 0.25) is 0 Å². The van der Waals surface area contributed by atoms with E-state index in [2.05, 4.69) is 11.8 Å². The third-order valence-corrected chi connectivity index (χ3v) is 3.49. The molecule has 0 aromatic carbocycles. The van der Waals surface area contributed by atoms with Gasteiger partial charge in [0.1, 0.15) is 6.17 Å². The number of nitrogens with zero attached hydrogens (tertiary/aromatic N) is 3. The monoisotopic (exact) mass is 229 g/mol. The van der Waals surface area contributed by atoms with E-state index < -0.39 is 6.17 Å². The minimum atomic E-state index is -0.819. The Balaban J connectivity index is 1.82. The van der Waals surface area contributed by atoms with Crippen molar-refractivity contribution in [2.45, 2.75) is 19.5 Å². The number of piperazine rings is 1. The lowest BCUT2D eigenvalue weighted by Crippen LogP contribution is -2.52. The molecular formula is C11H20FN3O. The van der Waals surface area contributed by atoms with E-state index in [4.69, 9.17) is 0 Å². The molecule has 92 valence electrons. The maximum absolute atomic E-state index is 13.0. The summed E-state index contributed by atoms with van der Waals surface area (Å²) in [5.74, 6) is 0. The van der Waals surface area contributed by atoms with Crippen molar-refractivity contribution in [1.82, 2.24) is 14.7 Å². The molecule has 0 radical (unpaired) electrons.